The highest BCUT2D eigenvalue weighted by molar-refractivity contribution is 7.80. The third-order valence-electron chi connectivity index (χ3n) is 3.80. The molecule has 0 saturated carbocycles. The van der Waals surface area contributed by atoms with Crippen LogP contribution in [0.15, 0.2) is 59.8 Å². The molecule has 1 aliphatic rings. The zero-order chi connectivity index (χ0) is 18.0. The Balaban J connectivity index is 1.94. The van der Waals surface area contributed by atoms with Crippen molar-refractivity contribution >= 4 is 52.1 Å². The second-order valence-electron chi connectivity index (χ2n) is 5.59. The maximum atomic E-state index is 12.9. The fourth-order valence-corrected chi connectivity index (χ4v) is 3.25. The van der Waals surface area contributed by atoms with Crippen molar-refractivity contribution in [1.82, 2.24) is 10.6 Å². The second kappa shape index (κ2) is 7.44. The summed E-state index contributed by atoms with van der Waals surface area (Å²) >= 11 is 17.2. The molecule has 128 valence electrons. The van der Waals surface area contributed by atoms with Crippen LogP contribution in [0.2, 0.25) is 10.0 Å². The number of anilines is 1. The van der Waals surface area contributed by atoms with Gasteiger partial charge in [-0.05, 0) is 55.0 Å². The molecule has 0 bridgehead atoms. The zero-order valence-electron chi connectivity index (χ0n) is 13.3. The average molecular weight is 392 g/mol. The summed E-state index contributed by atoms with van der Waals surface area (Å²) in [6.07, 6.45) is 0. The van der Waals surface area contributed by atoms with Crippen molar-refractivity contribution in [2.45, 2.75) is 13.0 Å². The number of rotatable bonds is 3. The van der Waals surface area contributed by atoms with E-state index in [2.05, 4.69) is 16.0 Å². The molecule has 0 fully saturated rings. The van der Waals surface area contributed by atoms with Gasteiger partial charge in [0, 0.05) is 21.4 Å². The van der Waals surface area contributed by atoms with Crippen LogP contribution >= 0.6 is 35.4 Å². The first-order valence-electron chi connectivity index (χ1n) is 7.54. The van der Waals surface area contributed by atoms with Gasteiger partial charge < -0.3 is 16.0 Å². The quantitative estimate of drug-likeness (QED) is 0.677. The lowest BCUT2D eigenvalue weighted by Crippen LogP contribution is -2.45. The van der Waals surface area contributed by atoms with Gasteiger partial charge in [0.15, 0.2) is 5.11 Å². The Morgan fingerprint density at radius 3 is 2.52 bits per heavy atom. The highest BCUT2D eigenvalue weighted by Crippen LogP contribution is 2.29. The van der Waals surface area contributed by atoms with Gasteiger partial charge in [-0.15, -0.1) is 0 Å². The fraction of sp³-hybridized carbons (Fsp3) is 0.111. The molecule has 1 amide bonds. The molecule has 1 unspecified atom stereocenters. The van der Waals surface area contributed by atoms with Crippen molar-refractivity contribution in [2.24, 2.45) is 0 Å². The molecule has 25 heavy (non-hydrogen) atoms. The van der Waals surface area contributed by atoms with Crippen LogP contribution in [0.3, 0.4) is 0 Å². The molecule has 0 aromatic heterocycles. The average Bonchev–Trinajstić information content (AvgIpc) is 2.54. The van der Waals surface area contributed by atoms with Crippen LogP contribution in [0.5, 0.6) is 0 Å². The Morgan fingerprint density at radius 1 is 1.12 bits per heavy atom. The van der Waals surface area contributed by atoms with Crippen molar-refractivity contribution in [3.63, 3.8) is 0 Å². The molecule has 4 nitrogen and oxygen atoms in total. The number of benzene rings is 2. The monoisotopic (exact) mass is 391 g/mol. The van der Waals surface area contributed by atoms with Gasteiger partial charge in [0.1, 0.15) is 0 Å². The van der Waals surface area contributed by atoms with Gasteiger partial charge in [0.25, 0.3) is 5.91 Å². The molecule has 7 heteroatoms. The number of nitrogens with one attached hydrogen (secondary N) is 3. The van der Waals surface area contributed by atoms with E-state index in [1.165, 1.54) is 0 Å². The Bertz CT molecular complexity index is 865. The van der Waals surface area contributed by atoms with Crippen LogP contribution in [0.4, 0.5) is 5.69 Å². The third-order valence-corrected chi connectivity index (χ3v) is 4.51. The number of allylic oxidation sites excluding steroid dienone is 1. The van der Waals surface area contributed by atoms with Gasteiger partial charge in [-0.25, -0.2) is 0 Å². The van der Waals surface area contributed by atoms with Gasteiger partial charge in [0.05, 0.1) is 11.6 Å². The number of halogens is 2. The molecule has 1 heterocycles. The third kappa shape index (κ3) is 4.12. The van der Waals surface area contributed by atoms with Crippen molar-refractivity contribution in [3.05, 3.63) is 75.4 Å². The minimum Gasteiger partial charge on any atom is -0.351 e. The summed E-state index contributed by atoms with van der Waals surface area (Å²) in [6.45, 7) is 1.82. The summed E-state index contributed by atoms with van der Waals surface area (Å²) in [5.41, 5.74) is 2.77. The summed E-state index contributed by atoms with van der Waals surface area (Å²) in [7, 11) is 0. The molecule has 3 N–H and O–H groups in total. The van der Waals surface area contributed by atoms with E-state index in [1.807, 2.05) is 19.1 Å². The van der Waals surface area contributed by atoms with Crippen LogP contribution in [0.25, 0.3) is 0 Å². The van der Waals surface area contributed by atoms with E-state index >= 15 is 0 Å². The second-order valence-corrected chi connectivity index (χ2v) is 6.87. The van der Waals surface area contributed by atoms with E-state index in [4.69, 9.17) is 35.4 Å². The predicted molar refractivity (Wildman–Crippen MR) is 106 cm³/mol. The molecule has 1 atom stereocenters. The summed E-state index contributed by atoms with van der Waals surface area (Å²) in [6, 6.07) is 13.9. The fourth-order valence-electron chi connectivity index (χ4n) is 2.66. The van der Waals surface area contributed by atoms with E-state index in [0.29, 0.717) is 32.1 Å². The van der Waals surface area contributed by atoms with Gasteiger partial charge in [-0.2, -0.15) is 0 Å². The largest absolute Gasteiger partial charge is 0.351 e. The molecule has 0 aliphatic carbocycles. The first-order chi connectivity index (χ1) is 11.9. The first-order valence-corrected chi connectivity index (χ1v) is 8.71. The number of hydrogen-bond donors (Lipinski definition) is 3. The first kappa shape index (κ1) is 17.7. The summed E-state index contributed by atoms with van der Waals surface area (Å²) in [5.74, 6) is -0.234. The normalized spacial score (nSPS) is 16.9. The van der Waals surface area contributed by atoms with Gasteiger partial charge in [0.2, 0.25) is 0 Å². The molecule has 2 aromatic rings. The van der Waals surface area contributed by atoms with Crippen LogP contribution < -0.4 is 16.0 Å². The predicted octanol–water partition coefficient (Wildman–Crippen LogP) is 4.42. The van der Waals surface area contributed by atoms with Crippen molar-refractivity contribution < 1.29 is 4.79 Å². The molecule has 0 spiro atoms. The molecular formula is C18H15Cl2N3OS. The Morgan fingerprint density at radius 2 is 1.84 bits per heavy atom. The minimum absolute atomic E-state index is 0.234. The Labute approximate surface area is 161 Å². The lowest BCUT2D eigenvalue weighted by molar-refractivity contribution is -0.113. The van der Waals surface area contributed by atoms with E-state index in [1.54, 1.807) is 36.4 Å². The Kier molecular flexibility index (Phi) is 5.27. The summed E-state index contributed by atoms with van der Waals surface area (Å²) in [4.78, 5) is 12.9. The number of carbonyl (C=O) groups is 1. The number of thiocarbonyl (C=S) groups is 1. The van der Waals surface area contributed by atoms with Crippen LogP contribution in [0, 0.1) is 0 Å². The van der Waals surface area contributed by atoms with Crippen LogP contribution in [0.1, 0.15) is 18.5 Å². The molecule has 1 aliphatic heterocycles. The summed E-state index contributed by atoms with van der Waals surface area (Å²) in [5, 5.41) is 10.7. The highest BCUT2D eigenvalue weighted by atomic mass is 35.5. The maximum absolute atomic E-state index is 12.9. The van der Waals surface area contributed by atoms with Crippen LogP contribution in [-0.4, -0.2) is 11.0 Å². The highest BCUT2D eigenvalue weighted by Gasteiger charge is 2.29. The number of carbonyl (C=O) groups excluding carboxylic acids is 1. The van der Waals surface area contributed by atoms with Crippen molar-refractivity contribution in [3.8, 4) is 0 Å². The number of hydrogen-bond acceptors (Lipinski definition) is 2. The molecule has 0 saturated heterocycles. The van der Waals surface area contributed by atoms with E-state index in [9.17, 15) is 4.79 Å². The van der Waals surface area contributed by atoms with Gasteiger partial charge >= 0.3 is 0 Å². The topological polar surface area (TPSA) is 53.2 Å². The van der Waals surface area contributed by atoms with Gasteiger partial charge in [-0.3, -0.25) is 4.79 Å². The molecule has 3 rings (SSSR count). The maximum Gasteiger partial charge on any atom is 0.255 e. The van der Waals surface area contributed by atoms with Crippen molar-refractivity contribution in [1.29, 1.82) is 0 Å². The molecule has 0 radical (unpaired) electrons. The van der Waals surface area contributed by atoms with E-state index in [-0.39, 0.29) is 11.9 Å². The molecule has 2 aromatic carbocycles. The standard InChI is InChI=1S/C18H15Cl2N3OS/c1-10-15(17(24)22-14-4-2-3-13(20)9-14)16(23-18(25)21-10)11-5-7-12(19)8-6-11/h2-9,16H,1H3,(H,22,24)(H2,21,23,25). The Hall–Kier alpha value is -2.08. The van der Waals surface area contributed by atoms with E-state index in [0.717, 1.165) is 5.56 Å². The SMILES string of the molecule is CC1=C(C(=O)Nc2cccc(Cl)c2)C(c2ccc(Cl)cc2)NC(=S)N1. The minimum atomic E-state index is -0.370. The smallest absolute Gasteiger partial charge is 0.255 e. The van der Waals surface area contributed by atoms with Crippen molar-refractivity contribution in [2.75, 3.05) is 5.32 Å². The lowest BCUT2D eigenvalue weighted by atomic mass is 9.95. The number of amides is 1. The van der Waals surface area contributed by atoms with E-state index < -0.39 is 0 Å². The lowest BCUT2D eigenvalue weighted by Gasteiger charge is -2.30. The van der Waals surface area contributed by atoms with Gasteiger partial charge in [-0.1, -0.05) is 41.4 Å². The van der Waals surface area contributed by atoms with Crippen LogP contribution in [-0.2, 0) is 4.79 Å². The zero-order valence-corrected chi connectivity index (χ0v) is 15.6. The molecular weight excluding hydrogens is 377 g/mol. The summed E-state index contributed by atoms with van der Waals surface area (Å²) < 4.78 is 0.